The van der Waals surface area contributed by atoms with Crippen LogP contribution < -0.4 is 0 Å². The Hall–Kier alpha value is -0.780. The molecule has 0 spiro atoms. The molecule has 0 aromatic carbocycles. The van der Waals surface area contributed by atoms with Gasteiger partial charge in [0.15, 0.2) is 16.1 Å². The third-order valence-electron chi connectivity index (χ3n) is 0.951. The van der Waals surface area contributed by atoms with Crippen molar-refractivity contribution in [2.24, 2.45) is 0 Å². The van der Waals surface area contributed by atoms with Crippen LogP contribution in [-0.4, -0.2) is 16.2 Å². The number of hydrogen-bond donors (Lipinski definition) is 0. The molecule has 5 heteroatoms. The van der Waals surface area contributed by atoms with Crippen LogP contribution in [0.1, 0.15) is 0 Å². The number of hydrogen-bond acceptors (Lipinski definition) is 3. The Labute approximate surface area is 67.2 Å². The molecule has 1 unspecified atom stereocenters. The van der Waals surface area contributed by atoms with Crippen LogP contribution in [0.15, 0.2) is 29.4 Å². The van der Waals surface area contributed by atoms with Gasteiger partial charge in [0.1, 0.15) is 0 Å². The zero-order valence-corrected chi connectivity index (χ0v) is 6.75. The van der Waals surface area contributed by atoms with E-state index in [9.17, 15) is 4.21 Å². The van der Waals surface area contributed by atoms with Crippen molar-refractivity contribution in [3.63, 3.8) is 0 Å². The van der Waals surface area contributed by atoms with Gasteiger partial charge in [0.25, 0.3) is 0 Å². The lowest BCUT2D eigenvalue weighted by atomic mass is 10.5. The minimum atomic E-state index is -1.56. The number of hydroxylamine groups is 1. The van der Waals surface area contributed by atoms with Gasteiger partial charge in [-0.25, -0.2) is 9.19 Å². The van der Waals surface area contributed by atoms with Crippen molar-refractivity contribution in [1.82, 2.24) is 4.98 Å². The van der Waals surface area contributed by atoms with Crippen LogP contribution in [0.25, 0.3) is 5.48 Å². The summed E-state index contributed by atoms with van der Waals surface area (Å²) in [5, 5.41) is 0.373. The summed E-state index contributed by atoms with van der Waals surface area (Å²) in [7, 11) is 1.42. The summed E-state index contributed by atoms with van der Waals surface area (Å²) in [6, 6.07) is 5.09. The largest absolute Gasteiger partial charge is 0.521 e. The number of rotatable bonds is 3. The first-order valence-electron chi connectivity index (χ1n) is 2.94. The normalized spacial score (nSPS) is 12.8. The van der Waals surface area contributed by atoms with Gasteiger partial charge >= 0.3 is 0 Å². The molecule has 1 heterocycles. The molecule has 1 atom stereocenters. The summed E-state index contributed by atoms with van der Waals surface area (Å²) in [5.41, 5.74) is 3.27. The predicted molar refractivity (Wildman–Crippen MR) is 41.0 cm³/mol. The molecule has 0 saturated heterocycles. The summed E-state index contributed by atoms with van der Waals surface area (Å²) < 4.78 is 15.4. The molecule has 1 aromatic heterocycles. The van der Waals surface area contributed by atoms with Gasteiger partial charge in [0, 0.05) is 6.20 Å². The maximum absolute atomic E-state index is 11.0. The van der Waals surface area contributed by atoms with E-state index in [-0.39, 0.29) is 0 Å². The van der Waals surface area contributed by atoms with Crippen molar-refractivity contribution in [2.75, 3.05) is 7.05 Å². The van der Waals surface area contributed by atoms with E-state index in [0.717, 1.165) is 0 Å². The van der Waals surface area contributed by atoms with Crippen LogP contribution in [0.2, 0.25) is 0 Å². The standard InChI is InChI=1S/C6H7N2O2S/c1-7-10-11(9)6-4-2-3-5-8-6/h2-5H,1H3/q-1. The molecule has 4 nitrogen and oxygen atoms in total. The first-order valence-corrected chi connectivity index (χ1v) is 4.01. The summed E-state index contributed by atoms with van der Waals surface area (Å²) in [4.78, 5) is 3.81. The van der Waals surface area contributed by atoms with Crippen LogP contribution >= 0.6 is 0 Å². The third kappa shape index (κ3) is 2.38. The molecular weight excluding hydrogens is 164 g/mol. The molecule has 0 saturated carbocycles. The molecule has 1 rings (SSSR count). The lowest BCUT2D eigenvalue weighted by Crippen LogP contribution is -1.95. The molecule has 0 aliphatic rings. The van der Waals surface area contributed by atoms with Crippen LogP contribution in [0.3, 0.4) is 0 Å². The number of pyridine rings is 1. The Kier molecular flexibility index (Phi) is 3.15. The molecule has 11 heavy (non-hydrogen) atoms. The lowest BCUT2D eigenvalue weighted by molar-refractivity contribution is 0.464. The van der Waals surface area contributed by atoms with Gasteiger partial charge in [-0.2, -0.15) is 0 Å². The zero-order chi connectivity index (χ0) is 8.10. The van der Waals surface area contributed by atoms with E-state index < -0.39 is 11.1 Å². The van der Waals surface area contributed by atoms with Crippen LogP contribution in [0.4, 0.5) is 0 Å². The molecule has 0 aliphatic carbocycles. The summed E-state index contributed by atoms with van der Waals surface area (Å²) in [5.74, 6) is 0. The van der Waals surface area contributed by atoms with E-state index in [1.165, 1.54) is 7.05 Å². The quantitative estimate of drug-likeness (QED) is 0.638. The van der Waals surface area contributed by atoms with Crippen molar-refractivity contribution in [3.8, 4) is 0 Å². The highest BCUT2D eigenvalue weighted by atomic mass is 32.2. The maximum atomic E-state index is 11.0. The second kappa shape index (κ2) is 4.17. The predicted octanol–water partition coefficient (Wildman–Crippen LogP) is 1.04. The second-order valence-electron chi connectivity index (χ2n) is 1.66. The second-order valence-corrected chi connectivity index (χ2v) is 2.70. The van der Waals surface area contributed by atoms with E-state index >= 15 is 0 Å². The fourth-order valence-electron chi connectivity index (χ4n) is 0.552. The highest BCUT2D eigenvalue weighted by Crippen LogP contribution is 2.03. The average molecular weight is 171 g/mol. The molecule has 0 amide bonds. The van der Waals surface area contributed by atoms with Crippen molar-refractivity contribution >= 4 is 11.1 Å². The van der Waals surface area contributed by atoms with E-state index in [2.05, 4.69) is 14.7 Å². The summed E-state index contributed by atoms with van der Waals surface area (Å²) in [6.45, 7) is 0. The van der Waals surface area contributed by atoms with Crippen LogP contribution in [0.5, 0.6) is 0 Å². The van der Waals surface area contributed by atoms with Crippen molar-refractivity contribution in [1.29, 1.82) is 0 Å². The van der Waals surface area contributed by atoms with E-state index in [4.69, 9.17) is 0 Å². The number of nitrogens with zero attached hydrogens (tertiary/aromatic N) is 2. The molecule has 60 valence electrons. The average Bonchev–Trinajstić information content (AvgIpc) is 2.07. The fourth-order valence-corrected chi connectivity index (χ4v) is 1.10. The lowest BCUT2D eigenvalue weighted by Gasteiger charge is -2.10. The molecule has 0 aliphatic heterocycles. The van der Waals surface area contributed by atoms with E-state index in [0.29, 0.717) is 5.03 Å². The first kappa shape index (κ1) is 8.32. The van der Waals surface area contributed by atoms with Gasteiger partial charge in [-0.15, -0.1) is 7.05 Å². The van der Waals surface area contributed by atoms with Gasteiger partial charge < -0.3 is 9.76 Å². The molecular formula is C6H7N2O2S-. The monoisotopic (exact) mass is 171 g/mol. The first-order chi connectivity index (χ1) is 5.34. The fraction of sp³-hybridized carbons (Fsp3) is 0.167. The van der Waals surface area contributed by atoms with Crippen molar-refractivity contribution in [2.45, 2.75) is 5.03 Å². The van der Waals surface area contributed by atoms with Crippen molar-refractivity contribution < 1.29 is 8.49 Å². The summed E-state index contributed by atoms with van der Waals surface area (Å²) >= 11 is -1.56. The van der Waals surface area contributed by atoms with E-state index in [1.54, 1.807) is 24.4 Å². The van der Waals surface area contributed by atoms with Crippen molar-refractivity contribution in [3.05, 3.63) is 29.9 Å². The zero-order valence-electron chi connectivity index (χ0n) is 5.93. The van der Waals surface area contributed by atoms with Gasteiger partial charge in [-0.05, 0) is 12.1 Å². The maximum Gasteiger partial charge on any atom is 0.191 e. The highest BCUT2D eigenvalue weighted by molar-refractivity contribution is 7.80. The minimum absolute atomic E-state index is 0.373. The minimum Gasteiger partial charge on any atom is -0.521 e. The summed E-state index contributed by atoms with van der Waals surface area (Å²) in [6.07, 6.45) is 1.55. The van der Waals surface area contributed by atoms with Gasteiger partial charge in [-0.3, -0.25) is 0 Å². The Morgan fingerprint density at radius 3 is 3.00 bits per heavy atom. The molecule has 0 N–H and O–H groups in total. The molecule has 0 bridgehead atoms. The Balaban J connectivity index is 2.69. The van der Waals surface area contributed by atoms with Crippen LogP contribution in [0, 0.1) is 0 Å². The molecule has 0 fully saturated rings. The van der Waals surface area contributed by atoms with Gasteiger partial charge in [0.05, 0.1) is 0 Å². The van der Waals surface area contributed by atoms with Gasteiger partial charge in [-0.1, -0.05) is 6.07 Å². The van der Waals surface area contributed by atoms with Gasteiger partial charge in [0.2, 0.25) is 0 Å². The molecule has 0 radical (unpaired) electrons. The number of aromatic nitrogens is 1. The van der Waals surface area contributed by atoms with Crippen LogP contribution in [-0.2, 0) is 15.4 Å². The SMILES string of the molecule is C[N-]OS(=O)c1ccccn1. The highest BCUT2D eigenvalue weighted by Gasteiger charge is 1.98. The Bertz CT molecular complexity index is 240. The topological polar surface area (TPSA) is 53.3 Å². The van der Waals surface area contributed by atoms with E-state index in [1.807, 2.05) is 0 Å². The molecule has 1 aromatic rings. The third-order valence-corrected chi connectivity index (χ3v) is 1.82. The Morgan fingerprint density at radius 2 is 2.45 bits per heavy atom. The smallest absolute Gasteiger partial charge is 0.191 e. The Morgan fingerprint density at radius 1 is 1.64 bits per heavy atom.